The number of nitrogens with one attached hydrogen (secondary N) is 1. The molecule has 1 aliphatic heterocycles. The predicted molar refractivity (Wildman–Crippen MR) is 89.1 cm³/mol. The maximum absolute atomic E-state index is 12.7. The Morgan fingerprint density at radius 2 is 1.74 bits per heavy atom. The van der Waals surface area contributed by atoms with Crippen molar-refractivity contribution < 1.29 is 9.59 Å². The van der Waals surface area contributed by atoms with Crippen LogP contribution in [-0.4, -0.2) is 37.4 Å². The van der Waals surface area contributed by atoms with Gasteiger partial charge in [0.25, 0.3) is 5.91 Å². The van der Waals surface area contributed by atoms with E-state index in [1.165, 1.54) is 0 Å². The molecule has 23 heavy (non-hydrogen) atoms. The van der Waals surface area contributed by atoms with E-state index in [2.05, 4.69) is 5.32 Å². The molecule has 0 aromatic heterocycles. The number of benzene rings is 2. The summed E-state index contributed by atoms with van der Waals surface area (Å²) >= 11 is 0. The zero-order valence-electron chi connectivity index (χ0n) is 13.2. The lowest BCUT2D eigenvalue weighted by Crippen LogP contribution is -2.50. The van der Waals surface area contributed by atoms with Crippen LogP contribution in [0.3, 0.4) is 0 Å². The molecule has 5 nitrogen and oxygen atoms in total. The van der Waals surface area contributed by atoms with E-state index in [1.807, 2.05) is 53.4 Å². The SMILES string of the molecule is CNC(=O)CN1c2ccccc2C(=O)N(C)[C@H]1c1ccccc1. The summed E-state index contributed by atoms with van der Waals surface area (Å²) in [6, 6.07) is 17.2. The van der Waals surface area contributed by atoms with Gasteiger partial charge in [0.2, 0.25) is 5.91 Å². The molecule has 0 saturated carbocycles. The normalized spacial score (nSPS) is 17.0. The van der Waals surface area contributed by atoms with Gasteiger partial charge in [-0.05, 0) is 17.7 Å². The topological polar surface area (TPSA) is 52.7 Å². The van der Waals surface area contributed by atoms with Crippen molar-refractivity contribution in [3.63, 3.8) is 0 Å². The van der Waals surface area contributed by atoms with Crippen LogP contribution < -0.4 is 10.2 Å². The number of amides is 2. The second-order valence-electron chi connectivity index (χ2n) is 5.52. The third-order valence-electron chi connectivity index (χ3n) is 4.12. The first-order valence-corrected chi connectivity index (χ1v) is 7.52. The van der Waals surface area contributed by atoms with Gasteiger partial charge in [0, 0.05) is 14.1 Å². The smallest absolute Gasteiger partial charge is 0.257 e. The van der Waals surface area contributed by atoms with Crippen LogP contribution in [0.2, 0.25) is 0 Å². The summed E-state index contributed by atoms with van der Waals surface area (Å²) in [5.41, 5.74) is 2.38. The minimum Gasteiger partial charge on any atom is -0.358 e. The second kappa shape index (κ2) is 6.12. The van der Waals surface area contributed by atoms with Gasteiger partial charge in [-0.1, -0.05) is 42.5 Å². The van der Waals surface area contributed by atoms with Gasteiger partial charge in [0.1, 0.15) is 6.17 Å². The average Bonchev–Trinajstić information content (AvgIpc) is 2.60. The lowest BCUT2D eigenvalue weighted by atomic mass is 10.0. The van der Waals surface area contributed by atoms with Crippen molar-refractivity contribution in [3.05, 3.63) is 65.7 Å². The number of fused-ring (bicyclic) bond motifs is 1. The number of hydrogen-bond acceptors (Lipinski definition) is 3. The summed E-state index contributed by atoms with van der Waals surface area (Å²) in [6.45, 7) is 0.185. The molecule has 1 N–H and O–H groups in total. The number of anilines is 1. The van der Waals surface area contributed by atoms with E-state index in [4.69, 9.17) is 0 Å². The van der Waals surface area contributed by atoms with Crippen LogP contribution >= 0.6 is 0 Å². The highest BCUT2D eigenvalue weighted by molar-refractivity contribution is 6.02. The van der Waals surface area contributed by atoms with Crippen molar-refractivity contribution >= 4 is 17.5 Å². The van der Waals surface area contributed by atoms with E-state index < -0.39 is 0 Å². The molecule has 0 fully saturated rings. The molecule has 0 spiro atoms. The van der Waals surface area contributed by atoms with Crippen molar-refractivity contribution in [2.75, 3.05) is 25.5 Å². The fourth-order valence-electron chi connectivity index (χ4n) is 2.98. The molecule has 0 radical (unpaired) electrons. The number of hydrogen-bond donors (Lipinski definition) is 1. The summed E-state index contributed by atoms with van der Waals surface area (Å²) in [5.74, 6) is -0.133. The highest BCUT2D eigenvalue weighted by Crippen LogP contribution is 2.37. The predicted octanol–water partition coefficient (Wildman–Crippen LogP) is 2.02. The molecular weight excluding hydrogens is 290 g/mol. The van der Waals surface area contributed by atoms with Crippen LogP contribution in [-0.2, 0) is 4.79 Å². The number of carbonyl (C=O) groups is 2. The second-order valence-corrected chi connectivity index (χ2v) is 5.52. The van der Waals surface area contributed by atoms with Gasteiger partial charge in [-0.25, -0.2) is 0 Å². The molecule has 2 amide bonds. The fraction of sp³-hybridized carbons (Fsp3) is 0.222. The first-order valence-electron chi connectivity index (χ1n) is 7.52. The number of para-hydroxylation sites is 1. The Kier molecular flexibility index (Phi) is 4.02. The Bertz CT molecular complexity index is 730. The van der Waals surface area contributed by atoms with E-state index in [9.17, 15) is 9.59 Å². The van der Waals surface area contributed by atoms with Crippen molar-refractivity contribution in [3.8, 4) is 0 Å². The van der Waals surface area contributed by atoms with Crippen molar-refractivity contribution in [1.82, 2.24) is 10.2 Å². The first kappa shape index (κ1) is 15.1. The molecule has 0 aliphatic carbocycles. The minimum atomic E-state index is -0.309. The monoisotopic (exact) mass is 309 g/mol. The van der Waals surface area contributed by atoms with E-state index >= 15 is 0 Å². The van der Waals surface area contributed by atoms with E-state index in [-0.39, 0.29) is 24.5 Å². The molecule has 0 unspecified atom stereocenters. The van der Waals surface area contributed by atoms with E-state index in [0.29, 0.717) is 5.56 Å². The molecule has 0 saturated heterocycles. The number of rotatable bonds is 3. The fourth-order valence-corrected chi connectivity index (χ4v) is 2.98. The van der Waals surface area contributed by atoms with Crippen LogP contribution in [0, 0.1) is 0 Å². The van der Waals surface area contributed by atoms with Crippen LogP contribution in [0.5, 0.6) is 0 Å². The van der Waals surface area contributed by atoms with Crippen molar-refractivity contribution in [2.45, 2.75) is 6.17 Å². The molecule has 3 rings (SSSR count). The highest BCUT2D eigenvalue weighted by atomic mass is 16.2. The quantitative estimate of drug-likeness (QED) is 0.944. The molecule has 1 heterocycles. The maximum atomic E-state index is 12.7. The van der Waals surface area contributed by atoms with Gasteiger partial charge < -0.3 is 15.1 Å². The van der Waals surface area contributed by atoms with Gasteiger partial charge in [-0.2, -0.15) is 0 Å². The Morgan fingerprint density at radius 3 is 2.43 bits per heavy atom. The lowest BCUT2D eigenvalue weighted by Gasteiger charge is -2.43. The number of likely N-dealkylation sites (N-methyl/N-ethyl adjacent to an activating group) is 1. The van der Waals surface area contributed by atoms with E-state index in [1.54, 1.807) is 25.1 Å². The highest BCUT2D eigenvalue weighted by Gasteiger charge is 2.36. The summed E-state index contributed by atoms with van der Waals surface area (Å²) in [5, 5.41) is 2.66. The molecule has 0 bridgehead atoms. The van der Waals surface area contributed by atoms with Crippen LogP contribution in [0.4, 0.5) is 5.69 Å². The molecule has 1 atom stereocenters. The Labute approximate surface area is 135 Å². The average molecular weight is 309 g/mol. The Balaban J connectivity index is 2.12. The van der Waals surface area contributed by atoms with E-state index in [0.717, 1.165) is 11.3 Å². The first-order chi connectivity index (χ1) is 11.1. The lowest BCUT2D eigenvalue weighted by molar-refractivity contribution is -0.119. The molecule has 2 aromatic rings. The Morgan fingerprint density at radius 1 is 1.09 bits per heavy atom. The zero-order chi connectivity index (χ0) is 16.4. The van der Waals surface area contributed by atoms with Gasteiger partial charge in [-0.3, -0.25) is 9.59 Å². The van der Waals surface area contributed by atoms with Crippen LogP contribution in [0.25, 0.3) is 0 Å². The third-order valence-corrected chi connectivity index (χ3v) is 4.12. The Hall–Kier alpha value is -2.82. The third kappa shape index (κ3) is 2.65. The standard InChI is InChI=1S/C18H19N3O2/c1-19-16(22)12-21-15-11-7-6-10-14(15)18(23)20(2)17(21)13-8-4-3-5-9-13/h3-11,17H,12H2,1-2H3,(H,19,22)/t17-/m1/s1. The van der Waals surface area contributed by atoms with Crippen molar-refractivity contribution in [1.29, 1.82) is 0 Å². The minimum absolute atomic E-state index is 0.0393. The van der Waals surface area contributed by atoms with Gasteiger partial charge >= 0.3 is 0 Å². The van der Waals surface area contributed by atoms with Crippen molar-refractivity contribution in [2.24, 2.45) is 0 Å². The number of carbonyl (C=O) groups excluding carboxylic acids is 2. The molecule has 1 aliphatic rings. The van der Waals surface area contributed by atoms with Gasteiger partial charge in [0.15, 0.2) is 0 Å². The van der Waals surface area contributed by atoms with Crippen LogP contribution in [0.1, 0.15) is 22.1 Å². The number of nitrogens with zero attached hydrogens (tertiary/aromatic N) is 2. The summed E-state index contributed by atoms with van der Waals surface area (Å²) in [4.78, 5) is 28.3. The van der Waals surface area contributed by atoms with Gasteiger partial charge in [-0.15, -0.1) is 0 Å². The maximum Gasteiger partial charge on any atom is 0.257 e. The van der Waals surface area contributed by atoms with Crippen LogP contribution in [0.15, 0.2) is 54.6 Å². The molecule has 2 aromatic carbocycles. The molecule has 5 heteroatoms. The summed E-state index contributed by atoms with van der Waals surface area (Å²) < 4.78 is 0. The zero-order valence-corrected chi connectivity index (χ0v) is 13.2. The summed E-state index contributed by atoms with van der Waals surface area (Å²) in [6.07, 6.45) is -0.309. The van der Waals surface area contributed by atoms with Gasteiger partial charge in [0.05, 0.1) is 17.8 Å². The summed E-state index contributed by atoms with van der Waals surface area (Å²) in [7, 11) is 3.39. The largest absolute Gasteiger partial charge is 0.358 e. The molecular formula is C18H19N3O2. The molecule has 118 valence electrons.